The highest BCUT2D eigenvalue weighted by atomic mass is 79.9. The number of imidazole rings is 1. The minimum atomic E-state index is -0.387. The van der Waals surface area contributed by atoms with Crippen molar-refractivity contribution in [3.05, 3.63) is 34.4 Å². The first-order valence-corrected chi connectivity index (χ1v) is 6.71. The minimum Gasteiger partial charge on any atom is -0.491 e. The first kappa shape index (κ1) is 14.0. The van der Waals surface area contributed by atoms with Crippen LogP contribution in [-0.4, -0.2) is 16.2 Å². The lowest BCUT2D eigenvalue weighted by Gasteiger charge is -2.08. The van der Waals surface area contributed by atoms with Crippen molar-refractivity contribution in [2.24, 2.45) is 12.8 Å². The monoisotopic (exact) mass is 327 g/mol. The maximum Gasteiger partial charge on any atom is 0.165 e. The molecule has 0 spiro atoms. The van der Waals surface area contributed by atoms with Gasteiger partial charge >= 0.3 is 0 Å². The number of rotatable bonds is 4. The Hall–Kier alpha value is -1.40. The van der Waals surface area contributed by atoms with E-state index in [9.17, 15) is 4.39 Å². The van der Waals surface area contributed by atoms with E-state index < -0.39 is 0 Å². The average Bonchev–Trinajstić information content (AvgIpc) is 2.67. The summed E-state index contributed by atoms with van der Waals surface area (Å²) in [5, 5.41) is 0. The van der Waals surface area contributed by atoms with Crippen molar-refractivity contribution in [1.29, 1.82) is 0 Å². The molecule has 0 fully saturated rings. The zero-order valence-corrected chi connectivity index (χ0v) is 12.4. The summed E-state index contributed by atoms with van der Waals surface area (Å²) in [5.74, 6) is 0.599. The number of benzene rings is 1. The van der Waals surface area contributed by atoms with Crippen LogP contribution in [0.1, 0.15) is 12.7 Å². The number of aromatic nitrogens is 2. The molecule has 1 heterocycles. The summed E-state index contributed by atoms with van der Waals surface area (Å²) in [6.07, 6.45) is 0. The molecule has 0 amide bonds. The highest BCUT2D eigenvalue weighted by molar-refractivity contribution is 9.10. The molecule has 102 valence electrons. The average molecular weight is 328 g/mol. The van der Waals surface area contributed by atoms with Crippen molar-refractivity contribution in [2.45, 2.75) is 13.5 Å². The summed E-state index contributed by atoms with van der Waals surface area (Å²) in [6, 6.07) is 4.86. The standard InChI is InChI=1S/C13H15BrFN3O/c1-3-19-10-5-4-8(6-9(10)15)12-13(14)17-11(7-16)18(12)2/h4-6H,3,7,16H2,1-2H3. The molecular formula is C13H15BrFN3O. The van der Waals surface area contributed by atoms with Crippen molar-refractivity contribution < 1.29 is 9.13 Å². The van der Waals surface area contributed by atoms with Gasteiger partial charge in [-0.3, -0.25) is 0 Å². The third-order valence-electron chi connectivity index (χ3n) is 2.83. The molecule has 19 heavy (non-hydrogen) atoms. The van der Waals surface area contributed by atoms with Crippen LogP contribution in [0.4, 0.5) is 4.39 Å². The van der Waals surface area contributed by atoms with Gasteiger partial charge in [0.2, 0.25) is 0 Å². The van der Waals surface area contributed by atoms with Gasteiger partial charge in [0.05, 0.1) is 18.8 Å². The molecule has 0 saturated carbocycles. The van der Waals surface area contributed by atoms with Crippen LogP contribution in [-0.2, 0) is 13.6 Å². The smallest absolute Gasteiger partial charge is 0.165 e. The van der Waals surface area contributed by atoms with E-state index in [2.05, 4.69) is 20.9 Å². The van der Waals surface area contributed by atoms with Gasteiger partial charge in [-0.15, -0.1) is 0 Å². The quantitative estimate of drug-likeness (QED) is 0.939. The molecule has 0 atom stereocenters. The number of hydrogen-bond donors (Lipinski definition) is 1. The fourth-order valence-corrected chi connectivity index (χ4v) is 2.62. The summed E-state index contributed by atoms with van der Waals surface area (Å²) >= 11 is 3.38. The SMILES string of the molecule is CCOc1ccc(-c2c(Br)nc(CN)n2C)cc1F. The third kappa shape index (κ3) is 2.64. The fraction of sp³-hybridized carbons (Fsp3) is 0.308. The van der Waals surface area contributed by atoms with Crippen LogP contribution in [0.3, 0.4) is 0 Å². The maximum atomic E-state index is 13.9. The molecule has 0 aliphatic carbocycles. The number of nitrogens with two attached hydrogens (primary N) is 1. The topological polar surface area (TPSA) is 53.1 Å². The number of nitrogens with zero attached hydrogens (tertiary/aromatic N) is 2. The summed E-state index contributed by atoms with van der Waals surface area (Å²) in [5.41, 5.74) is 7.12. The van der Waals surface area contributed by atoms with E-state index in [1.54, 1.807) is 12.1 Å². The van der Waals surface area contributed by atoms with Gasteiger partial charge < -0.3 is 15.0 Å². The molecule has 0 aliphatic rings. The van der Waals surface area contributed by atoms with E-state index in [0.717, 1.165) is 17.1 Å². The van der Waals surface area contributed by atoms with Gasteiger partial charge in [-0.05, 0) is 41.1 Å². The first-order chi connectivity index (χ1) is 9.08. The van der Waals surface area contributed by atoms with E-state index in [1.165, 1.54) is 6.07 Å². The van der Waals surface area contributed by atoms with Gasteiger partial charge in [0, 0.05) is 12.6 Å². The predicted molar refractivity (Wildman–Crippen MR) is 75.4 cm³/mol. The Balaban J connectivity index is 2.48. The molecule has 2 rings (SSSR count). The highest BCUT2D eigenvalue weighted by Gasteiger charge is 2.15. The first-order valence-electron chi connectivity index (χ1n) is 5.92. The van der Waals surface area contributed by atoms with Crippen LogP contribution in [0, 0.1) is 5.82 Å². The second-order valence-corrected chi connectivity index (χ2v) is 4.76. The van der Waals surface area contributed by atoms with Crippen LogP contribution < -0.4 is 10.5 Å². The second-order valence-electron chi connectivity index (χ2n) is 4.01. The number of halogens is 2. The van der Waals surface area contributed by atoms with Crippen molar-refractivity contribution in [3.63, 3.8) is 0 Å². The molecule has 0 saturated heterocycles. The minimum absolute atomic E-state index is 0.253. The van der Waals surface area contributed by atoms with E-state index in [4.69, 9.17) is 10.5 Å². The zero-order chi connectivity index (χ0) is 14.0. The molecule has 0 aliphatic heterocycles. The summed E-state index contributed by atoms with van der Waals surface area (Å²) in [4.78, 5) is 4.29. The largest absolute Gasteiger partial charge is 0.491 e. The zero-order valence-electron chi connectivity index (χ0n) is 10.8. The Morgan fingerprint density at radius 2 is 2.21 bits per heavy atom. The summed E-state index contributed by atoms with van der Waals surface area (Å²) < 4.78 is 21.6. The van der Waals surface area contributed by atoms with Crippen molar-refractivity contribution in [1.82, 2.24) is 9.55 Å². The highest BCUT2D eigenvalue weighted by Crippen LogP contribution is 2.31. The van der Waals surface area contributed by atoms with E-state index in [-0.39, 0.29) is 11.6 Å². The Bertz CT molecular complexity index is 598. The lowest BCUT2D eigenvalue weighted by atomic mass is 10.1. The Labute approximate surface area is 119 Å². The van der Waals surface area contributed by atoms with Crippen LogP contribution in [0.15, 0.2) is 22.8 Å². The van der Waals surface area contributed by atoms with E-state index in [0.29, 0.717) is 17.8 Å². The summed E-state index contributed by atoms with van der Waals surface area (Å²) in [7, 11) is 1.85. The second kappa shape index (κ2) is 5.71. The third-order valence-corrected chi connectivity index (χ3v) is 3.39. The number of ether oxygens (including phenoxy) is 1. The van der Waals surface area contributed by atoms with Gasteiger partial charge in [-0.25, -0.2) is 9.37 Å². The normalized spacial score (nSPS) is 10.8. The van der Waals surface area contributed by atoms with Gasteiger partial charge in [-0.1, -0.05) is 0 Å². The maximum absolute atomic E-state index is 13.9. The van der Waals surface area contributed by atoms with Gasteiger partial charge in [0.25, 0.3) is 0 Å². The van der Waals surface area contributed by atoms with Crippen molar-refractivity contribution >= 4 is 15.9 Å². The van der Waals surface area contributed by atoms with Gasteiger partial charge in [-0.2, -0.15) is 0 Å². The van der Waals surface area contributed by atoms with E-state index >= 15 is 0 Å². The molecule has 4 nitrogen and oxygen atoms in total. The molecule has 1 aromatic heterocycles. The molecule has 2 N–H and O–H groups in total. The van der Waals surface area contributed by atoms with Gasteiger partial charge in [0.1, 0.15) is 10.4 Å². The molecule has 0 bridgehead atoms. The lowest BCUT2D eigenvalue weighted by molar-refractivity contribution is 0.321. The molecule has 1 aromatic carbocycles. The Morgan fingerprint density at radius 1 is 1.47 bits per heavy atom. The van der Waals surface area contributed by atoms with Crippen molar-refractivity contribution in [3.8, 4) is 17.0 Å². The molecular weight excluding hydrogens is 313 g/mol. The predicted octanol–water partition coefficient (Wildman–Crippen LogP) is 2.85. The van der Waals surface area contributed by atoms with Crippen molar-refractivity contribution in [2.75, 3.05) is 6.61 Å². The van der Waals surface area contributed by atoms with Crippen LogP contribution in [0.2, 0.25) is 0 Å². The Kier molecular flexibility index (Phi) is 4.21. The van der Waals surface area contributed by atoms with Crippen LogP contribution in [0.25, 0.3) is 11.3 Å². The van der Waals surface area contributed by atoms with Crippen LogP contribution in [0.5, 0.6) is 5.75 Å². The lowest BCUT2D eigenvalue weighted by Crippen LogP contribution is -2.05. The van der Waals surface area contributed by atoms with Crippen LogP contribution >= 0.6 is 15.9 Å². The van der Waals surface area contributed by atoms with E-state index in [1.807, 2.05) is 18.5 Å². The Morgan fingerprint density at radius 3 is 2.74 bits per heavy atom. The van der Waals surface area contributed by atoms with Gasteiger partial charge in [0.15, 0.2) is 11.6 Å². The molecule has 6 heteroatoms. The molecule has 0 unspecified atom stereocenters. The molecule has 0 radical (unpaired) electrons. The molecule has 2 aromatic rings. The summed E-state index contributed by atoms with van der Waals surface area (Å²) in [6.45, 7) is 2.58. The number of hydrogen-bond acceptors (Lipinski definition) is 3. The fourth-order valence-electron chi connectivity index (χ4n) is 1.92.